The third kappa shape index (κ3) is 3.09. The summed E-state index contributed by atoms with van der Waals surface area (Å²) in [7, 11) is 0. The number of benzene rings is 1. The summed E-state index contributed by atoms with van der Waals surface area (Å²) < 4.78 is 11.1. The van der Waals surface area contributed by atoms with E-state index in [-0.39, 0.29) is 17.7 Å². The topological polar surface area (TPSA) is 63.0 Å². The summed E-state index contributed by atoms with van der Waals surface area (Å²) in [6.07, 6.45) is 1.42. The van der Waals surface area contributed by atoms with E-state index in [0.717, 1.165) is 16.5 Å². The second-order valence-corrected chi connectivity index (χ2v) is 7.06. The van der Waals surface area contributed by atoms with Crippen molar-refractivity contribution >= 4 is 22.8 Å². The zero-order chi connectivity index (χ0) is 18.1. The number of para-hydroxylation sites is 1. The van der Waals surface area contributed by atoms with Gasteiger partial charge in [-0.15, -0.1) is 0 Å². The zero-order valence-corrected chi connectivity index (χ0v) is 15.1. The van der Waals surface area contributed by atoms with Crippen molar-refractivity contribution in [3.05, 3.63) is 35.6 Å². The number of nitrogens with zero attached hydrogens (tertiary/aromatic N) is 2. The zero-order valence-electron chi connectivity index (χ0n) is 15.1. The van der Waals surface area contributed by atoms with Crippen LogP contribution in [0, 0.1) is 12.8 Å². The van der Waals surface area contributed by atoms with E-state index in [9.17, 15) is 9.59 Å². The fraction of sp³-hybridized carbons (Fsp3) is 0.500. The summed E-state index contributed by atoms with van der Waals surface area (Å²) in [6, 6.07) is 7.70. The third-order valence-corrected chi connectivity index (χ3v) is 5.49. The van der Waals surface area contributed by atoms with Crippen LogP contribution in [-0.2, 0) is 9.53 Å². The van der Waals surface area contributed by atoms with E-state index in [1.807, 2.05) is 41.0 Å². The van der Waals surface area contributed by atoms with Crippen molar-refractivity contribution in [3.63, 3.8) is 0 Å². The smallest absolute Gasteiger partial charge is 0.289 e. The highest BCUT2D eigenvalue weighted by molar-refractivity contribution is 5.99. The van der Waals surface area contributed by atoms with Crippen LogP contribution in [0.1, 0.15) is 29.0 Å². The van der Waals surface area contributed by atoms with Gasteiger partial charge in [-0.3, -0.25) is 9.59 Å². The SMILES string of the molecule is Cc1c(C(=O)N2CCC(C(=O)N3CCOCC3)CC2)oc2ccccc12. The van der Waals surface area contributed by atoms with Crippen LogP contribution in [0.2, 0.25) is 0 Å². The second-order valence-electron chi connectivity index (χ2n) is 7.06. The number of carbonyl (C=O) groups is 2. The molecule has 26 heavy (non-hydrogen) atoms. The van der Waals surface area contributed by atoms with Crippen molar-refractivity contribution in [1.29, 1.82) is 0 Å². The number of amides is 2. The van der Waals surface area contributed by atoms with Gasteiger partial charge >= 0.3 is 0 Å². The van der Waals surface area contributed by atoms with E-state index in [1.165, 1.54) is 0 Å². The minimum Gasteiger partial charge on any atom is -0.451 e. The number of hydrogen-bond donors (Lipinski definition) is 0. The molecule has 2 saturated heterocycles. The first-order chi connectivity index (χ1) is 12.6. The summed E-state index contributed by atoms with van der Waals surface area (Å²) in [4.78, 5) is 29.2. The summed E-state index contributed by atoms with van der Waals surface area (Å²) in [6.45, 7) is 5.70. The normalized spacial score (nSPS) is 19.1. The first-order valence-corrected chi connectivity index (χ1v) is 9.29. The predicted octanol–water partition coefficient (Wildman–Crippen LogP) is 2.45. The van der Waals surface area contributed by atoms with Crippen LogP contribution in [0.4, 0.5) is 0 Å². The fourth-order valence-electron chi connectivity index (χ4n) is 3.89. The van der Waals surface area contributed by atoms with Crippen LogP contribution >= 0.6 is 0 Å². The summed E-state index contributed by atoms with van der Waals surface area (Å²) >= 11 is 0. The van der Waals surface area contributed by atoms with E-state index in [0.29, 0.717) is 58.0 Å². The number of hydrogen-bond acceptors (Lipinski definition) is 4. The number of piperidine rings is 1. The predicted molar refractivity (Wildman–Crippen MR) is 97.0 cm³/mol. The van der Waals surface area contributed by atoms with E-state index in [1.54, 1.807) is 0 Å². The first kappa shape index (κ1) is 17.1. The van der Waals surface area contributed by atoms with Crippen LogP contribution in [0.25, 0.3) is 11.0 Å². The van der Waals surface area contributed by atoms with Gasteiger partial charge in [0.1, 0.15) is 5.58 Å². The lowest BCUT2D eigenvalue weighted by molar-refractivity contribution is -0.141. The second kappa shape index (κ2) is 7.11. The molecule has 3 heterocycles. The van der Waals surface area contributed by atoms with E-state index < -0.39 is 0 Å². The molecule has 2 fully saturated rings. The molecular weight excluding hydrogens is 332 g/mol. The molecule has 0 aliphatic carbocycles. The Bertz CT molecular complexity index is 814. The molecule has 2 amide bonds. The van der Waals surface area contributed by atoms with Gasteiger partial charge < -0.3 is 19.0 Å². The Morgan fingerprint density at radius 2 is 1.69 bits per heavy atom. The number of fused-ring (bicyclic) bond motifs is 1. The average Bonchev–Trinajstić information content (AvgIpc) is 3.04. The average molecular weight is 356 g/mol. The van der Waals surface area contributed by atoms with Crippen molar-refractivity contribution in [2.24, 2.45) is 5.92 Å². The molecule has 1 aromatic heterocycles. The highest BCUT2D eigenvalue weighted by Gasteiger charge is 2.32. The molecule has 6 nitrogen and oxygen atoms in total. The van der Waals surface area contributed by atoms with Crippen molar-refractivity contribution in [1.82, 2.24) is 9.80 Å². The molecule has 0 unspecified atom stereocenters. The van der Waals surface area contributed by atoms with Crippen LogP contribution in [0.5, 0.6) is 0 Å². The molecule has 2 aromatic rings. The number of rotatable bonds is 2. The number of aryl methyl sites for hydroxylation is 1. The van der Waals surface area contributed by atoms with Crippen molar-refractivity contribution in [2.45, 2.75) is 19.8 Å². The van der Waals surface area contributed by atoms with Crippen LogP contribution in [0.15, 0.2) is 28.7 Å². The van der Waals surface area contributed by atoms with Gasteiger partial charge in [0.25, 0.3) is 5.91 Å². The lowest BCUT2D eigenvalue weighted by Crippen LogP contribution is -2.47. The monoisotopic (exact) mass is 356 g/mol. The highest BCUT2D eigenvalue weighted by atomic mass is 16.5. The molecule has 0 N–H and O–H groups in total. The van der Waals surface area contributed by atoms with Crippen molar-refractivity contribution in [3.8, 4) is 0 Å². The Kier molecular flexibility index (Phi) is 4.68. The van der Waals surface area contributed by atoms with Gasteiger partial charge in [0.05, 0.1) is 13.2 Å². The first-order valence-electron chi connectivity index (χ1n) is 9.29. The molecule has 0 radical (unpaired) electrons. The van der Waals surface area contributed by atoms with Crippen molar-refractivity contribution in [2.75, 3.05) is 39.4 Å². The van der Waals surface area contributed by atoms with Crippen LogP contribution < -0.4 is 0 Å². The maximum atomic E-state index is 12.9. The molecule has 138 valence electrons. The molecule has 1 aromatic carbocycles. The number of carbonyl (C=O) groups excluding carboxylic acids is 2. The number of furan rings is 1. The van der Waals surface area contributed by atoms with Crippen molar-refractivity contribution < 1.29 is 18.7 Å². The van der Waals surface area contributed by atoms with Crippen LogP contribution in [0.3, 0.4) is 0 Å². The number of morpholine rings is 1. The molecule has 4 rings (SSSR count). The molecule has 0 spiro atoms. The fourth-order valence-corrected chi connectivity index (χ4v) is 3.89. The maximum Gasteiger partial charge on any atom is 0.289 e. The molecule has 2 aliphatic heterocycles. The Labute approximate surface area is 152 Å². The lowest BCUT2D eigenvalue weighted by Gasteiger charge is -2.35. The third-order valence-electron chi connectivity index (χ3n) is 5.49. The van der Waals surface area contributed by atoms with E-state index in [2.05, 4.69) is 0 Å². The largest absolute Gasteiger partial charge is 0.451 e. The van der Waals surface area contributed by atoms with E-state index in [4.69, 9.17) is 9.15 Å². The molecular formula is C20H24N2O4. The van der Waals surface area contributed by atoms with Crippen LogP contribution in [-0.4, -0.2) is 61.0 Å². The number of likely N-dealkylation sites (tertiary alicyclic amines) is 1. The molecule has 6 heteroatoms. The summed E-state index contributed by atoms with van der Waals surface area (Å²) in [5.41, 5.74) is 1.63. The van der Waals surface area contributed by atoms with E-state index >= 15 is 0 Å². The molecule has 2 aliphatic rings. The standard InChI is InChI=1S/C20H24N2O4/c1-14-16-4-2-3-5-17(16)26-18(14)20(24)21-8-6-15(7-9-21)19(23)22-10-12-25-13-11-22/h2-5,15H,6-13H2,1H3. The molecule has 0 saturated carbocycles. The minimum atomic E-state index is -0.0732. The summed E-state index contributed by atoms with van der Waals surface area (Å²) in [5, 5.41) is 0.980. The van der Waals surface area contributed by atoms with Gasteiger partial charge in [0, 0.05) is 43.0 Å². The molecule has 0 bridgehead atoms. The van der Waals surface area contributed by atoms with Gasteiger partial charge in [-0.25, -0.2) is 0 Å². The van der Waals surface area contributed by atoms with Gasteiger partial charge in [-0.1, -0.05) is 18.2 Å². The Morgan fingerprint density at radius 1 is 1.00 bits per heavy atom. The van der Waals surface area contributed by atoms with Gasteiger partial charge in [-0.2, -0.15) is 0 Å². The maximum absolute atomic E-state index is 12.9. The van der Waals surface area contributed by atoms with Gasteiger partial charge in [-0.05, 0) is 25.8 Å². The molecule has 0 atom stereocenters. The highest BCUT2D eigenvalue weighted by Crippen LogP contribution is 2.28. The quantitative estimate of drug-likeness (QED) is 0.829. The Balaban J connectivity index is 1.41. The Hall–Kier alpha value is -2.34. The lowest BCUT2D eigenvalue weighted by atomic mass is 9.94. The minimum absolute atomic E-state index is 0.00826. The number of ether oxygens (including phenoxy) is 1. The Morgan fingerprint density at radius 3 is 2.38 bits per heavy atom. The summed E-state index contributed by atoms with van der Waals surface area (Å²) in [5.74, 6) is 0.564. The van der Waals surface area contributed by atoms with Gasteiger partial charge in [0.2, 0.25) is 5.91 Å². The van der Waals surface area contributed by atoms with Gasteiger partial charge in [0.15, 0.2) is 5.76 Å².